The molecule has 116 valence electrons. The van der Waals surface area contributed by atoms with E-state index in [-0.39, 0.29) is 17.5 Å². The summed E-state index contributed by atoms with van der Waals surface area (Å²) in [6, 6.07) is -1.47. The standard InChI is InChI=1S/C12H16N2O6S/c1-4(15)8-6-2-7(21-3-5(13)11(17)18)9(12(19)20)14(6)10(8)16/h4-6,8,15H,2-3,13H2,1H3,(H,17,18)(H,19,20)/t4?,5-,6+,8+/m0/s1. The molecule has 4 atom stereocenters. The van der Waals surface area contributed by atoms with E-state index in [0.717, 1.165) is 11.8 Å². The Morgan fingerprint density at radius 2 is 2.10 bits per heavy atom. The lowest BCUT2D eigenvalue weighted by Gasteiger charge is -2.44. The summed E-state index contributed by atoms with van der Waals surface area (Å²) in [6.07, 6.45) is -0.542. The fraction of sp³-hybridized carbons (Fsp3) is 0.583. The minimum absolute atomic E-state index is 0.0234. The van der Waals surface area contributed by atoms with Crippen LogP contribution in [0.25, 0.3) is 0 Å². The molecule has 2 heterocycles. The first-order chi connectivity index (χ1) is 9.75. The molecule has 1 fully saturated rings. The molecular formula is C12H16N2O6S. The Morgan fingerprint density at radius 3 is 2.57 bits per heavy atom. The lowest BCUT2D eigenvalue weighted by Crippen LogP contribution is -2.61. The number of aliphatic carboxylic acids is 2. The first-order valence-corrected chi connectivity index (χ1v) is 7.33. The van der Waals surface area contributed by atoms with Crippen LogP contribution in [-0.4, -0.2) is 62.0 Å². The van der Waals surface area contributed by atoms with E-state index in [1.807, 2.05) is 0 Å². The Hall–Kier alpha value is -1.58. The fourth-order valence-electron chi connectivity index (χ4n) is 2.62. The van der Waals surface area contributed by atoms with Crippen LogP contribution in [0.3, 0.4) is 0 Å². The highest BCUT2D eigenvalue weighted by Crippen LogP contribution is 2.46. The zero-order valence-corrected chi connectivity index (χ0v) is 12.0. The van der Waals surface area contributed by atoms with Gasteiger partial charge < -0.3 is 26.0 Å². The van der Waals surface area contributed by atoms with Gasteiger partial charge in [0.05, 0.1) is 18.1 Å². The second kappa shape index (κ2) is 5.66. The Morgan fingerprint density at radius 1 is 1.48 bits per heavy atom. The monoisotopic (exact) mass is 316 g/mol. The zero-order chi connectivity index (χ0) is 15.9. The molecule has 0 aromatic heterocycles. The van der Waals surface area contributed by atoms with Gasteiger partial charge >= 0.3 is 11.9 Å². The van der Waals surface area contributed by atoms with E-state index in [0.29, 0.717) is 11.3 Å². The molecule has 1 amide bonds. The normalized spacial score (nSPS) is 27.2. The Kier molecular flexibility index (Phi) is 4.26. The third-order valence-electron chi connectivity index (χ3n) is 3.64. The number of nitrogens with two attached hydrogens (primary N) is 1. The second-order valence-corrected chi connectivity index (χ2v) is 6.19. The van der Waals surface area contributed by atoms with Gasteiger partial charge in [0.1, 0.15) is 11.7 Å². The molecule has 8 nitrogen and oxygen atoms in total. The van der Waals surface area contributed by atoms with E-state index < -0.39 is 35.9 Å². The van der Waals surface area contributed by atoms with Crippen LogP contribution in [0.2, 0.25) is 0 Å². The summed E-state index contributed by atoms with van der Waals surface area (Å²) in [4.78, 5) is 35.6. The number of β-lactam (4-membered cyclic amide) rings is 1. The molecular weight excluding hydrogens is 300 g/mol. The van der Waals surface area contributed by atoms with Crippen molar-refractivity contribution < 1.29 is 29.7 Å². The van der Waals surface area contributed by atoms with Crippen LogP contribution >= 0.6 is 11.8 Å². The third-order valence-corrected chi connectivity index (χ3v) is 4.88. The highest BCUT2D eigenvalue weighted by Gasteiger charge is 2.56. The summed E-state index contributed by atoms with van der Waals surface area (Å²) < 4.78 is 0. The summed E-state index contributed by atoms with van der Waals surface area (Å²) in [5.41, 5.74) is 5.27. The Labute approximate surface area is 124 Å². The van der Waals surface area contributed by atoms with Gasteiger partial charge in [-0.05, 0) is 6.92 Å². The number of carbonyl (C=O) groups is 3. The summed E-state index contributed by atoms with van der Waals surface area (Å²) in [5.74, 6) is -3.40. The van der Waals surface area contributed by atoms with E-state index in [9.17, 15) is 24.6 Å². The van der Waals surface area contributed by atoms with Gasteiger partial charge in [-0.1, -0.05) is 0 Å². The van der Waals surface area contributed by atoms with Gasteiger partial charge in [-0.2, -0.15) is 0 Å². The van der Waals surface area contributed by atoms with E-state index >= 15 is 0 Å². The van der Waals surface area contributed by atoms with Gasteiger partial charge in [-0.25, -0.2) is 4.79 Å². The summed E-state index contributed by atoms with van der Waals surface area (Å²) >= 11 is 1.04. The molecule has 2 aliphatic rings. The van der Waals surface area contributed by atoms with Gasteiger partial charge in [-0.15, -0.1) is 11.8 Å². The van der Waals surface area contributed by atoms with Crippen LogP contribution in [0.5, 0.6) is 0 Å². The lowest BCUT2D eigenvalue weighted by molar-refractivity contribution is -0.161. The fourth-order valence-corrected chi connectivity index (χ4v) is 3.76. The molecule has 0 bridgehead atoms. The predicted molar refractivity (Wildman–Crippen MR) is 73.2 cm³/mol. The number of carbonyl (C=O) groups excluding carboxylic acids is 1. The van der Waals surface area contributed by atoms with Gasteiger partial charge in [0, 0.05) is 17.1 Å². The second-order valence-electron chi connectivity index (χ2n) is 5.08. The maximum atomic E-state index is 11.9. The van der Waals surface area contributed by atoms with Crippen LogP contribution in [-0.2, 0) is 14.4 Å². The first kappa shape index (κ1) is 15.8. The van der Waals surface area contributed by atoms with Gasteiger partial charge in [0.2, 0.25) is 5.91 Å². The van der Waals surface area contributed by atoms with E-state index in [1.165, 1.54) is 11.8 Å². The molecule has 2 rings (SSSR count). The summed E-state index contributed by atoms with van der Waals surface area (Å²) in [6.45, 7) is 1.49. The van der Waals surface area contributed by atoms with Crippen LogP contribution in [0, 0.1) is 5.92 Å². The molecule has 0 saturated carbocycles. The number of thioether (sulfide) groups is 1. The largest absolute Gasteiger partial charge is 0.480 e. The number of fused-ring (bicyclic) bond motifs is 1. The van der Waals surface area contributed by atoms with Crippen LogP contribution in [0.4, 0.5) is 0 Å². The summed E-state index contributed by atoms with van der Waals surface area (Å²) in [5, 5.41) is 27.6. The van der Waals surface area contributed by atoms with E-state index in [4.69, 9.17) is 10.8 Å². The Balaban J connectivity index is 2.15. The van der Waals surface area contributed by atoms with Gasteiger partial charge in [0.25, 0.3) is 0 Å². The van der Waals surface area contributed by atoms with Crippen molar-refractivity contribution in [1.82, 2.24) is 4.90 Å². The predicted octanol–water partition coefficient (Wildman–Crippen LogP) is -0.961. The summed E-state index contributed by atoms with van der Waals surface area (Å²) in [7, 11) is 0. The smallest absolute Gasteiger partial charge is 0.353 e. The number of hydrogen-bond donors (Lipinski definition) is 4. The number of amides is 1. The highest BCUT2D eigenvalue weighted by molar-refractivity contribution is 8.03. The number of aliphatic hydroxyl groups excluding tert-OH is 1. The van der Waals surface area contributed by atoms with Crippen molar-refractivity contribution in [3.8, 4) is 0 Å². The highest BCUT2D eigenvalue weighted by atomic mass is 32.2. The molecule has 0 aromatic rings. The zero-order valence-electron chi connectivity index (χ0n) is 11.2. The van der Waals surface area contributed by atoms with Crippen LogP contribution in [0.1, 0.15) is 13.3 Å². The lowest BCUT2D eigenvalue weighted by atomic mass is 9.83. The minimum Gasteiger partial charge on any atom is -0.480 e. The molecule has 5 N–H and O–H groups in total. The number of aliphatic hydroxyl groups is 1. The molecule has 1 unspecified atom stereocenters. The van der Waals surface area contributed by atoms with Crippen molar-refractivity contribution in [1.29, 1.82) is 0 Å². The number of carboxylic acids is 2. The molecule has 0 aliphatic carbocycles. The number of rotatable bonds is 6. The quantitative estimate of drug-likeness (QED) is 0.459. The molecule has 1 saturated heterocycles. The molecule has 0 spiro atoms. The molecule has 0 aromatic carbocycles. The minimum atomic E-state index is -1.23. The molecule has 2 aliphatic heterocycles. The average molecular weight is 316 g/mol. The Bertz CT molecular complexity index is 532. The van der Waals surface area contributed by atoms with Crippen molar-refractivity contribution in [2.45, 2.75) is 31.5 Å². The van der Waals surface area contributed by atoms with Gasteiger partial charge in [-0.3, -0.25) is 9.59 Å². The van der Waals surface area contributed by atoms with E-state index in [1.54, 1.807) is 0 Å². The van der Waals surface area contributed by atoms with Crippen molar-refractivity contribution in [3.05, 3.63) is 10.6 Å². The van der Waals surface area contributed by atoms with Crippen LogP contribution in [0.15, 0.2) is 10.6 Å². The molecule has 21 heavy (non-hydrogen) atoms. The molecule has 9 heteroatoms. The maximum Gasteiger partial charge on any atom is 0.353 e. The van der Waals surface area contributed by atoms with Crippen molar-refractivity contribution in [2.24, 2.45) is 11.7 Å². The average Bonchev–Trinajstić information content (AvgIpc) is 2.69. The first-order valence-electron chi connectivity index (χ1n) is 6.34. The number of carboxylic acid groups (broad SMARTS) is 2. The van der Waals surface area contributed by atoms with Crippen molar-refractivity contribution in [3.63, 3.8) is 0 Å². The van der Waals surface area contributed by atoms with Crippen LogP contribution < -0.4 is 5.73 Å². The number of nitrogens with zero attached hydrogens (tertiary/aromatic N) is 1. The van der Waals surface area contributed by atoms with Crippen molar-refractivity contribution >= 4 is 29.6 Å². The van der Waals surface area contributed by atoms with Gasteiger partial charge in [0.15, 0.2) is 0 Å². The van der Waals surface area contributed by atoms with Crippen molar-refractivity contribution in [2.75, 3.05) is 5.75 Å². The SMILES string of the molecule is CC(O)[C@H]1C(=O)N2C(C(=O)O)=C(SC[C@H](N)C(=O)O)C[C@H]12. The topological polar surface area (TPSA) is 141 Å². The molecule has 0 radical (unpaired) electrons. The number of hydrogen-bond acceptors (Lipinski definition) is 6. The van der Waals surface area contributed by atoms with E-state index in [2.05, 4.69) is 0 Å². The maximum absolute atomic E-state index is 11.9. The third kappa shape index (κ3) is 2.63.